The largest absolute Gasteiger partial charge is 0.494 e. The van der Waals surface area contributed by atoms with Gasteiger partial charge in [-0.25, -0.2) is 8.42 Å². The van der Waals surface area contributed by atoms with Crippen molar-refractivity contribution < 1.29 is 17.9 Å². The van der Waals surface area contributed by atoms with Crippen molar-refractivity contribution in [2.24, 2.45) is 0 Å². The average molecular weight is 442 g/mol. The number of ether oxygens (including phenoxy) is 1. The average Bonchev–Trinajstić information content (AvgIpc) is 3.26. The summed E-state index contributed by atoms with van der Waals surface area (Å²) >= 11 is 1.04. The normalized spacial score (nSPS) is 10.8. The van der Waals surface area contributed by atoms with Crippen LogP contribution in [0.15, 0.2) is 64.9 Å². The number of amides is 1. The van der Waals surface area contributed by atoms with Gasteiger partial charge in [-0.15, -0.1) is 11.3 Å². The molecule has 9 heteroatoms. The summed E-state index contributed by atoms with van der Waals surface area (Å²) in [4.78, 5) is 12.7. The first kappa shape index (κ1) is 21.4. The second kappa shape index (κ2) is 8.98. The molecule has 30 heavy (non-hydrogen) atoms. The molecule has 154 valence electrons. The van der Waals surface area contributed by atoms with Gasteiger partial charge in [0.15, 0.2) is 0 Å². The number of thiophene rings is 1. The van der Waals surface area contributed by atoms with Gasteiger partial charge in [0.2, 0.25) is 0 Å². The highest BCUT2D eigenvalue weighted by atomic mass is 32.2. The molecule has 0 unspecified atom stereocenters. The van der Waals surface area contributed by atoms with E-state index in [1.54, 1.807) is 53.9 Å². The number of benzene rings is 2. The predicted molar refractivity (Wildman–Crippen MR) is 117 cm³/mol. The molecule has 0 saturated carbocycles. The number of hydrogen-bond donors (Lipinski definition) is 1. The Kier molecular flexibility index (Phi) is 6.40. The number of nitriles is 1. The van der Waals surface area contributed by atoms with Crippen molar-refractivity contribution in [3.05, 3.63) is 70.4 Å². The van der Waals surface area contributed by atoms with Crippen LogP contribution in [0.3, 0.4) is 0 Å². The number of hydrogen-bond acceptors (Lipinski definition) is 6. The molecule has 1 amide bonds. The van der Waals surface area contributed by atoms with Gasteiger partial charge in [0.05, 0.1) is 23.9 Å². The summed E-state index contributed by atoms with van der Waals surface area (Å²) in [6.07, 6.45) is 0. The van der Waals surface area contributed by atoms with Crippen molar-refractivity contribution in [1.82, 2.24) is 0 Å². The molecule has 3 rings (SSSR count). The van der Waals surface area contributed by atoms with Crippen LogP contribution in [0.1, 0.15) is 22.2 Å². The molecule has 0 aliphatic heterocycles. The van der Waals surface area contributed by atoms with E-state index in [0.29, 0.717) is 29.3 Å². The van der Waals surface area contributed by atoms with Crippen LogP contribution in [0.2, 0.25) is 0 Å². The highest BCUT2D eigenvalue weighted by Crippen LogP contribution is 2.29. The summed E-state index contributed by atoms with van der Waals surface area (Å²) in [6.45, 7) is 2.38. The Morgan fingerprint density at radius 3 is 2.40 bits per heavy atom. The Labute approximate surface area is 179 Å². The van der Waals surface area contributed by atoms with Gasteiger partial charge in [0.25, 0.3) is 15.9 Å². The second-order valence-corrected chi connectivity index (χ2v) is 9.01. The molecular weight excluding hydrogens is 422 g/mol. The van der Waals surface area contributed by atoms with Gasteiger partial charge >= 0.3 is 0 Å². The van der Waals surface area contributed by atoms with Crippen molar-refractivity contribution in [1.29, 1.82) is 5.26 Å². The number of nitrogens with one attached hydrogen (secondary N) is 1. The molecule has 2 aromatic carbocycles. The number of sulfonamides is 1. The molecule has 0 spiro atoms. The Bertz CT molecular complexity index is 1180. The van der Waals surface area contributed by atoms with Crippen molar-refractivity contribution >= 4 is 38.6 Å². The SMILES string of the molecule is CCOc1ccc(N(C)S(=O)(=O)c2ccsc2C(=O)Nc2ccc(C#N)cc2)cc1. The minimum Gasteiger partial charge on any atom is -0.494 e. The van der Waals surface area contributed by atoms with Crippen LogP contribution in [0.5, 0.6) is 5.75 Å². The van der Waals surface area contributed by atoms with Gasteiger partial charge in [-0.05, 0) is 66.9 Å². The zero-order valence-electron chi connectivity index (χ0n) is 16.3. The third-order valence-electron chi connectivity index (χ3n) is 4.26. The number of carbonyl (C=O) groups excluding carboxylic acids is 1. The molecule has 0 bridgehead atoms. The van der Waals surface area contributed by atoms with Crippen molar-refractivity contribution in [2.75, 3.05) is 23.3 Å². The predicted octanol–water partition coefficient (Wildman–Crippen LogP) is 4.10. The maximum absolute atomic E-state index is 13.2. The fourth-order valence-corrected chi connectivity index (χ4v) is 5.18. The monoisotopic (exact) mass is 441 g/mol. The van der Waals surface area contributed by atoms with E-state index in [-0.39, 0.29) is 9.77 Å². The molecule has 1 N–H and O–H groups in total. The van der Waals surface area contributed by atoms with E-state index in [4.69, 9.17) is 10.00 Å². The van der Waals surface area contributed by atoms with Gasteiger partial charge in [-0.1, -0.05) is 0 Å². The standard InChI is InChI=1S/C21H19N3O4S2/c1-3-28-18-10-8-17(9-11-18)24(2)30(26,27)19-12-13-29-20(19)21(25)23-16-6-4-15(14-22)5-7-16/h4-13H,3H2,1-2H3,(H,23,25). The Morgan fingerprint density at radius 2 is 1.80 bits per heavy atom. The summed E-state index contributed by atoms with van der Waals surface area (Å²) in [5, 5.41) is 13.1. The van der Waals surface area contributed by atoms with E-state index < -0.39 is 15.9 Å². The van der Waals surface area contributed by atoms with Crippen molar-refractivity contribution in [2.45, 2.75) is 11.8 Å². The van der Waals surface area contributed by atoms with Crippen LogP contribution in [-0.4, -0.2) is 28.0 Å². The zero-order valence-corrected chi connectivity index (χ0v) is 18.0. The van der Waals surface area contributed by atoms with Crippen LogP contribution in [-0.2, 0) is 10.0 Å². The van der Waals surface area contributed by atoms with E-state index in [9.17, 15) is 13.2 Å². The number of rotatable bonds is 7. The van der Waals surface area contributed by atoms with Crippen molar-refractivity contribution in [3.8, 4) is 11.8 Å². The summed E-state index contributed by atoms with van der Waals surface area (Å²) in [7, 11) is -2.52. The van der Waals surface area contributed by atoms with Crippen LogP contribution >= 0.6 is 11.3 Å². The lowest BCUT2D eigenvalue weighted by Crippen LogP contribution is -2.28. The van der Waals surface area contributed by atoms with Gasteiger partial charge < -0.3 is 10.1 Å². The first-order valence-corrected chi connectivity index (χ1v) is 11.3. The molecule has 0 saturated heterocycles. The Morgan fingerprint density at radius 1 is 1.13 bits per heavy atom. The first-order valence-electron chi connectivity index (χ1n) is 8.97. The molecule has 7 nitrogen and oxygen atoms in total. The summed E-state index contributed by atoms with van der Waals surface area (Å²) in [6, 6.07) is 16.4. The van der Waals surface area contributed by atoms with E-state index >= 15 is 0 Å². The summed E-state index contributed by atoms with van der Waals surface area (Å²) < 4.78 is 32.8. The Balaban J connectivity index is 1.84. The molecular formula is C21H19N3O4S2. The summed E-state index contributed by atoms with van der Waals surface area (Å²) in [5.74, 6) is 0.110. The van der Waals surface area contributed by atoms with E-state index in [0.717, 1.165) is 15.6 Å². The fraction of sp³-hybridized carbons (Fsp3) is 0.143. The minimum atomic E-state index is -3.95. The van der Waals surface area contributed by atoms with Gasteiger partial charge in [0.1, 0.15) is 15.5 Å². The van der Waals surface area contributed by atoms with Crippen LogP contribution < -0.4 is 14.4 Å². The van der Waals surface area contributed by atoms with Gasteiger partial charge in [-0.2, -0.15) is 5.26 Å². The van der Waals surface area contributed by atoms with E-state index in [1.807, 2.05) is 13.0 Å². The van der Waals surface area contributed by atoms with Crippen LogP contribution in [0.25, 0.3) is 0 Å². The lowest BCUT2D eigenvalue weighted by atomic mass is 10.2. The smallest absolute Gasteiger partial charge is 0.267 e. The van der Waals surface area contributed by atoms with E-state index in [2.05, 4.69) is 5.32 Å². The lowest BCUT2D eigenvalue weighted by molar-refractivity contribution is 0.102. The molecule has 0 radical (unpaired) electrons. The molecule has 3 aromatic rings. The van der Waals surface area contributed by atoms with Crippen LogP contribution in [0.4, 0.5) is 11.4 Å². The topological polar surface area (TPSA) is 99.5 Å². The quantitative estimate of drug-likeness (QED) is 0.595. The highest BCUT2D eigenvalue weighted by molar-refractivity contribution is 7.93. The minimum absolute atomic E-state index is 0.0740. The molecule has 0 aliphatic rings. The maximum Gasteiger partial charge on any atom is 0.267 e. The first-order chi connectivity index (χ1) is 14.4. The van der Waals surface area contributed by atoms with Gasteiger partial charge in [-0.3, -0.25) is 9.10 Å². The third kappa shape index (κ3) is 4.45. The third-order valence-corrected chi connectivity index (χ3v) is 7.13. The molecule has 1 aromatic heterocycles. The highest BCUT2D eigenvalue weighted by Gasteiger charge is 2.28. The van der Waals surface area contributed by atoms with Crippen LogP contribution in [0, 0.1) is 11.3 Å². The van der Waals surface area contributed by atoms with Crippen molar-refractivity contribution in [3.63, 3.8) is 0 Å². The van der Waals surface area contributed by atoms with Gasteiger partial charge in [0, 0.05) is 12.7 Å². The summed E-state index contributed by atoms with van der Waals surface area (Å²) in [5.41, 5.74) is 1.38. The fourth-order valence-electron chi connectivity index (χ4n) is 2.69. The molecule has 0 atom stereocenters. The number of anilines is 2. The number of nitrogens with zero attached hydrogens (tertiary/aromatic N) is 2. The lowest BCUT2D eigenvalue weighted by Gasteiger charge is -2.20. The molecule has 0 fully saturated rings. The Hall–Kier alpha value is -3.35. The number of carbonyl (C=O) groups is 1. The zero-order chi connectivity index (χ0) is 21.7. The maximum atomic E-state index is 13.2. The molecule has 0 aliphatic carbocycles. The molecule has 1 heterocycles. The van der Waals surface area contributed by atoms with E-state index in [1.165, 1.54) is 13.1 Å². The second-order valence-electron chi connectivity index (χ2n) is 6.16.